The van der Waals surface area contributed by atoms with Crippen LogP contribution < -0.4 is 4.74 Å². The van der Waals surface area contributed by atoms with Crippen LogP contribution in [0.15, 0.2) is 48.5 Å². The molecule has 3 aromatic rings. The highest BCUT2D eigenvalue weighted by Crippen LogP contribution is 2.34. The van der Waals surface area contributed by atoms with E-state index in [1.54, 1.807) is 30.3 Å². The summed E-state index contributed by atoms with van der Waals surface area (Å²) in [5.74, 6) is -1.43. The fourth-order valence-corrected chi connectivity index (χ4v) is 2.64. The zero-order valence-corrected chi connectivity index (χ0v) is 13.4. The summed E-state index contributed by atoms with van der Waals surface area (Å²) in [6, 6.07) is 13.3. The van der Waals surface area contributed by atoms with Gasteiger partial charge < -0.3 is 9.84 Å². The molecule has 0 amide bonds. The van der Waals surface area contributed by atoms with Crippen molar-refractivity contribution in [3.8, 4) is 16.9 Å². The molecule has 0 spiro atoms. The first-order valence-corrected chi connectivity index (χ1v) is 7.58. The van der Waals surface area contributed by atoms with E-state index in [1.807, 2.05) is 6.07 Å². The Labute approximate surface area is 142 Å². The van der Waals surface area contributed by atoms with Crippen LogP contribution in [0.25, 0.3) is 22.0 Å². The number of benzene rings is 2. The van der Waals surface area contributed by atoms with Gasteiger partial charge in [-0.15, -0.1) is 0 Å². The lowest BCUT2D eigenvalue weighted by atomic mass is 10.0. The second-order valence-electron chi connectivity index (χ2n) is 5.25. The molecular weight excluding hydrogens is 333 g/mol. The molecule has 3 rings (SSSR count). The van der Waals surface area contributed by atoms with Gasteiger partial charge in [0, 0.05) is 28.1 Å². The predicted octanol–water partition coefficient (Wildman–Crippen LogP) is 4.55. The van der Waals surface area contributed by atoms with Gasteiger partial charge in [0.2, 0.25) is 5.95 Å². The van der Waals surface area contributed by atoms with Crippen molar-refractivity contribution in [1.82, 2.24) is 4.98 Å². The number of hydrogen-bond donors (Lipinski definition) is 1. The molecule has 24 heavy (non-hydrogen) atoms. The van der Waals surface area contributed by atoms with E-state index in [0.717, 1.165) is 0 Å². The van der Waals surface area contributed by atoms with Crippen LogP contribution in [0.1, 0.15) is 6.92 Å². The van der Waals surface area contributed by atoms with E-state index >= 15 is 0 Å². The molecule has 1 atom stereocenters. The molecule has 1 aromatic heterocycles. The standard InChI is InChI=1S/C18H13ClFNO3/c1-10(18(22)23)24-11-6-7-13-14(9-17(20)21-16(13)8-11)12-4-2-3-5-15(12)19/h2-10H,1H3,(H,22,23)/t10-/m1/s1. The first-order chi connectivity index (χ1) is 11.5. The van der Waals surface area contributed by atoms with Gasteiger partial charge in [-0.05, 0) is 30.7 Å². The number of halogens is 2. The van der Waals surface area contributed by atoms with E-state index in [4.69, 9.17) is 21.4 Å². The van der Waals surface area contributed by atoms with E-state index in [-0.39, 0.29) is 0 Å². The molecule has 0 saturated carbocycles. The average molecular weight is 346 g/mol. The van der Waals surface area contributed by atoms with Crippen molar-refractivity contribution in [3.63, 3.8) is 0 Å². The van der Waals surface area contributed by atoms with Gasteiger partial charge in [-0.3, -0.25) is 0 Å². The maximum atomic E-state index is 13.9. The third kappa shape index (κ3) is 3.16. The van der Waals surface area contributed by atoms with Crippen LogP contribution in [-0.2, 0) is 4.79 Å². The van der Waals surface area contributed by atoms with Crippen LogP contribution in [0.5, 0.6) is 5.75 Å². The van der Waals surface area contributed by atoms with E-state index in [1.165, 1.54) is 19.1 Å². The van der Waals surface area contributed by atoms with Gasteiger partial charge in [0.15, 0.2) is 6.10 Å². The van der Waals surface area contributed by atoms with Crippen LogP contribution in [-0.4, -0.2) is 22.2 Å². The molecule has 0 aliphatic heterocycles. The van der Waals surface area contributed by atoms with E-state index in [2.05, 4.69) is 4.98 Å². The van der Waals surface area contributed by atoms with Crippen LogP contribution in [0.4, 0.5) is 4.39 Å². The molecule has 1 N–H and O–H groups in total. The van der Waals surface area contributed by atoms with Gasteiger partial charge in [0.05, 0.1) is 5.52 Å². The Morgan fingerprint density at radius 3 is 2.67 bits per heavy atom. The first kappa shape index (κ1) is 16.2. The highest BCUT2D eigenvalue weighted by atomic mass is 35.5. The second kappa shape index (κ2) is 6.45. The topological polar surface area (TPSA) is 59.4 Å². The maximum Gasteiger partial charge on any atom is 0.344 e. The normalized spacial score (nSPS) is 12.1. The largest absolute Gasteiger partial charge is 0.479 e. The summed E-state index contributed by atoms with van der Waals surface area (Å²) in [4.78, 5) is 14.7. The fourth-order valence-electron chi connectivity index (χ4n) is 2.41. The van der Waals surface area contributed by atoms with Crippen molar-refractivity contribution in [2.24, 2.45) is 0 Å². The molecule has 0 unspecified atom stereocenters. The highest BCUT2D eigenvalue weighted by Gasteiger charge is 2.15. The molecule has 6 heteroatoms. The highest BCUT2D eigenvalue weighted by molar-refractivity contribution is 6.33. The third-order valence-corrected chi connectivity index (χ3v) is 3.90. The first-order valence-electron chi connectivity index (χ1n) is 7.20. The summed E-state index contributed by atoms with van der Waals surface area (Å²) >= 11 is 6.21. The van der Waals surface area contributed by atoms with Gasteiger partial charge in [-0.25, -0.2) is 9.78 Å². The molecule has 122 valence electrons. The van der Waals surface area contributed by atoms with Crippen LogP contribution in [0.3, 0.4) is 0 Å². The minimum Gasteiger partial charge on any atom is -0.479 e. The van der Waals surface area contributed by atoms with E-state index in [0.29, 0.717) is 32.8 Å². The summed E-state index contributed by atoms with van der Waals surface area (Å²) in [6.07, 6.45) is -1.01. The van der Waals surface area contributed by atoms with Gasteiger partial charge in [0.25, 0.3) is 0 Å². The van der Waals surface area contributed by atoms with Crippen LogP contribution in [0, 0.1) is 5.95 Å². The number of pyridine rings is 1. The van der Waals surface area contributed by atoms with Gasteiger partial charge in [0.1, 0.15) is 5.75 Å². The number of carboxylic acids is 1. The minimum atomic E-state index is -1.08. The number of carboxylic acid groups (broad SMARTS) is 1. The van der Waals surface area contributed by atoms with Crippen molar-refractivity contribution < 1.29 is 19.0 Å². The molecule has 2 aromatic carbocycles. The summed E-state index contributed by atoms with van der Waals surface area (Å²) in [5.41, 5.74) is 1.67. The number of fused-ring (bicyclic) bond motifs is 1. The van der Waals surface area contributed by atoms with Crippen LogP contribution in [0.2, 0.25) is 5.02 Å². The quantitative estimate of drug-likeness (QED) is 0.705. The lowest BCUT2D eigenvalue weighted by Crippen LogP contribution is -2.22. The summed E-state index contributed by atoms with van der Waals surface area (Å²) in [6.45, 7) is 1.42. The van der Waals surface area contributed by atoms with Crippen molar-refractivity contribution in [3.05, 3.63) is 59.5 Å². The Morgan fingerprint density at radius 2 is 1.96 bits per heavy atom. The molecule has 0 fully saturated rings. The number of aliphatic carboxylic acids is 1. The number of carbonyl (C=O) groups is 1. The van der Waals surface area contributed by atoms with Crippen LogP contribution >= 0.6 is 11.6 Å². The van der Waals surface area contributed by atoms with Crippen molar-refractivity contribution in [2.75, 3.05) is 0 Å². The molecule has 0 saturated heterocycles. The number of hydrogen-bond acceptors (Lipinski definition) is 3. The van der Waals surface area contributed by atoms with E-state index in [9.17, 15) is 9.18 Å². The van der Waals surface area contributed by atoms with Crippen molar-refractivity contribution in [1.29, 1.82) is 0 Å². The van der Waals surface area contributed by atoms with Gasteiger partial charge >= 0.3 is 5.97 Å². The number of ether oxygens (including phenoxy) is 1. The minimum absolute atomic E-state index is 0.306. The molecule has 0 radical (unpaired) electrons. The molecule has 0 aliphatic rings. The molecular formula is C18H13ClFNO3. The fraction of sp³-hybridized carbons (Fsp3) is 0.111. The third-order valence-electron chi connectivity index (χ3n) is 3.57. The number of aromatic nitrogens is 1. The molecule has 0 aliphatic carbocycles. The molecule has 1 heterocycles. The Hall–Kier alpha value is -2.66. The number of nitrogens with zero attached hydrogens (tertiary/aromatic N) is 1. The second-order valence-corrected chi connectivity index (χ2v) is 5.66. The lowest BCUT2D eigenvalue weighted by molar-refractivity contribution is -0.144. The van der Waals surface area contributed by atoms with Crippen molar-refractivity contribution >= 4 is 28.5 Å². The van der Waals surface area contributed by atoms with E-state index < -0.39 is 18.0 Å². The van der Waals surface area contributed by atoms with Crippen molar-refractivity contribution in [2.45, 2.75) is 13.0 Å². The molecule has 4 nitrogen and oxygen atoms in total. The Kier molecular flexibility index (Phi) is 4.36. The SMILES string of the molecule is C[C@@H](Oc1ccc2c(-c3ccccc3Cl)cc(F)nc2c1)C(=O)O. The zero-order valence-electron chi connectivity index (χ0n) is 12.7. The monoisotopic (exact) mass is 345 g/mol. The summed E-state index contributed by atoms with van der Waals surface area (Å²) < 4.78 is 19.3. The zero-order chi connectivity index (χ0) is 17.3. The smallest absolute Gasteiger partial charge is 0.344 e. The number of rotatable bonds is 4. The molecule has 0 bridgehead atoms. The Balaban J connectivity index is 2.13. The Bertz CT molecular complexity index is 929. The van der Waals surface area contributed by atoms with Gasteiger partial charge in [-0.1, -0.05) is 29.8 Å². The Morgan fingerprint density at radius 1 is 1.21 bits per heavy atom. The maximum absolute atomic E-state index is 13.9. The summed E-state index contributed by atoms with van der Waals surface area (Å²) in [7, 11) is 0. The lowest BCUT2D eigenvalue weighted by Gasteiger charge is -2.13. The predicted molar refractivity (Wildman–Crippen MR) is 89.9 cm³/mol. The van der Waals surface area contributed by atoms with Gasteiger partial charge in [-0.2, -0.15) is 4.39 Å². The average Bonchev–Trinajstić information content (AvgIpc) is 2.54. The summed E-state index contributed by atoms with van der Waals surface area (Å²) in [5, 5.41) is 10.1.